The first kappa shape index (κ1) is 25.1. The minimum Gasteiger partial charge on any atom is -0.353 e. The van der Waals surface area contributed by atoms with Crippen molar-refractivity contribution in [2.45, 2.75) is 46.3 Å². The van der Waals surface area contributed by atoms with Crippen molar-refractivity contribution in [2.75, 3.05) is 25.5 Å². The van der Waals surface area contributed by atoms with Crippen molar-refractivity contribution in [2.24, 2.45) is 0 Å². The van der Waals surface area contributed by atoms with Crippen molar-refractivity contribution >= 4 is 17.4 Å². The van der Waals surface area contributed by atoms with Gasteiger partial charge in [0.25, 0.3) is 0 Å². The lowest BCUT2D eigenvalue weighted by atomic mass is 10.0. The first-order chi connectivity index (χ1) is 16.3. The van der Waals surface area contributed by atoms with Gasteiger partial charge in [0.2, 0.25) is 0 Å². The molecule has 8 nitrogen and oxygen atoms in total. The van der Waals surface area contributed by atoms with E-state index in [2.05, 4.69) is 57.3 Å². The molecule has 2 aliphatic heterocycles. The molecule has 0 bridgehead atoms. The molecule has 0 saturated carbocycles. The summed E-state index contributed by atoms with van der Waals surface area (Å²) in [4.78, 5) is 17.1. The number of likely N-dealkylation sites (N-methyl/N-ethyl adjacent to an activating group) is 2. The number of para-hydroxylation sites is 1. The van der Waals surface area contributed by atoms with Crippen molar-refractivity contribution < 1.29 is 4.79 Å². The highest BCUT2D eigenvalue weighted by atomic mass is 16.2. The third-order valence-electron chi connectivity index (χ3n) is 6.12. The molecular formula is C26H37N7O. The van der Waals surface area contributed by atoms with Crippen molar-refractivity contribution in [3.05, 3.63) is 77.5 Å². The van der Waals surface area contributed by atoms with Gasteiger partial charge in [-0.25, -0.2) is 4.79 Å². The van der Waals surface area contributed by atoms with Crippen LogP contribution in [0.15, 0.2) is 77.5 Å². The Bertz CT molecular complexity index is 1010. The van der Waals surface area contributed by atoms with Gasteiger partial charge in [0.1, 0.15) is 12.0 Å². The normalized spacial score (nSPS) is 18.4. The van der Waals surface area contributed by atoms with E-state index in [0.29, 0.717) is 23.7 Å². The molecule has 8 heteroatoms. The summed E-state index contributed by atoms with van der Waals surface area (Å²) in [6.45, 7) is 9.56. The highest BCUT2D eigenvalue weighted by Gasteiger charge is 2.27. The van der Waals surface area contributed by atoms with Gasteiger partial charge in [-0.15, -0.1) is 0 Å². The second-order valence-electron chi connectivity index (χ2n) is 8.56. The molecule has 2 heterocycles. The maximum absolute atomic E-state index is 12.9. The van der Waals surface area contributed by atoms with Crippen LogP contribution in [0.4, 0.5) is 10.5 Å². The number of anilines is 1. The third-order valence-corrected chi connectivity index (χ3v) is 6.12. The van der Waals surface area contributed by atoms with Crippen LogP contribution in [0.5, 0.6) is 0 Å². The maximum Gasteiger partial charge on any atom is 0.320 e. The highest BCUT2D eigenvalue weighted by molar-refractivity contribution is 6.12. The van der Waals surface area contributed by atoms with E-state index in [9.17, 15) is 4.79 Å². The Morgan fingerprint density at radius 2 is 1.91 bits per heavy atom. The van der Waals surface area contributed by atoms with Crippen LogP contribution in [0.3, 0.4) is 0 Å². The summed E-state index contributed by atoms with van der Waals surface area (Å²) in [6, 6.07) is 9.35. The second kappa shape index (κ2) is 11.6. The number of hydrogen-bond acceptors (Lipinski definition) is 6. The molecule has 1 aromatic rings. The lowest BCUT2D eigenvalue weighted by molar-refractivity contribution is 0.238. The fourth-order valence-electron chi connectivity index (χ4n) is 3.85. The number of nitrogens with one attached hydrogen (secondary N) is 5. The van der Waals surface area contributed by atoms with Crippen LogP contribution in [-0.2, 0) is 0 Å². The Kier molecular flexibility index (Phi) is 8.54. The lowest BCUT2D eigenvalue weighted by Gasteiger charge is -2.30. The second-order valence-corrected chi connectivity index (χ2v) is 8.56. The Hall–Kier alpha value is -3.52. The number of rotatable bonds is 10. The average Bonchev–Trinajstić information content (AvgIpc) is 3.13. The standard InChI is InChI=1S/C26H37N7O/c1-6-21(15-28-7-2)30-26(34)31-25(29-22-11-9-8-10-12-22)19(4)24(27)20-13-14-23-32(5)18(3)16-33(23)17-20/h8-14,16-17,21,23,27-29H,6-7,15H2,1-5H3,(H2,30,31,34)/b25-19+,27-24?/t21-,23?/m0/s1. The number of carbonyl (C=O) groups excluding carboxylic acids is 1. The van der Waals surface area contributed by atoms with E-state index in [1.165, 1.54) is 5.70 Å². The van der Waals surface area contributed by atoms with Gasteiger partial charge in [0.05, 0.1) is 5.71 Å². The molecule has 0 fully saturated rings. The fourth-order valence-corrected chi connectivity index (χ4v) is 3.85. The minimum absolute atomic E-state index is 0.0146. The first-order valence-corrected chi connectivity index (χ1v) is 11.8. The van der Waals surface area contributed by atoms with E-state index >= 15 is 0 Å². The van der Waals surface area contributed by atoms with Crippen LogP contribution in [0.25, 0.3) is 0 Å². The quantitative estimate of drug-likeness (QED) is 0.339. The summed E-state index contributed by atoms with van der Waals surface area (Å²) < 4.78 is 0. The summed E-state index contributed by atoms with van der Waals surface area (Å²) >= 11 is 0. The predicted octanol–water partition coefficient (Wildman–Crippen LogP) is 3.93. The van der Waals surface area contributed by atoms with Crippen molar-refractivity contribution in [1.82, 2.24) is 25.8 Å². The molecule has 0 aromatic heterocycles. The van der Waals surface area contributed by atoms with Crippen molar-refractivity contribution in [3.63, 3.8) is 0 Å². The summed E-state index contributed by atoms with van der Waals surface area (Å²) in [6.07, 6.45) is 9.06. The average molecular weight is 464 g/mol. The van der Waals surface area contributed by atoms with Gasteiger partial charge < -0.3 is 25.8 Å². The molecule has 0 spiro atoms. The number of amides is 2. The Balaban J connectivity index is 1.82. The van der Waals surface area contributed by atoms with E-state index in [1.807, 2.05) is 63.4 Å². The monoisotopic (exact) mass is 463 g/mol. The molecule has 182 valence electrons. The van der Waals surface area contributed by atoms with E-state index in [0.717, 1.165) is 24.2 Å². The van der Waals surface area contributed by atoms with Gasteiger partial charge >= 0.3 is 6.03 Å². The van der Waals surface area contributed by atoms with Crippen LogP contribution >= 0.6 is 0 Å². The van der Waals surface area contributed by atoms with Crippen LogP contribution in [0.2, 0.25) is 0 Å². The van der Waals surface area contributed by atoms with E-state index in [-0.39, 0.29) is 18.2 Å². The highest BCUT2D eigenvalue weighted by Crippen LogP contribution is 2.27. The molecule has 1 aromatic carbocycles. The zero-order valence-corrected chi connectivity index (χ0v) is 20.8. The Morgan fingerprint density at radius 1 is 1.18 bits per heavy atom. The van der Waals surface area contributed by atoms with Crippen molar-refractivity contribution in [3.8, 4) is 0 Å². The maximum atomic E-state index is 12.9. The Morgan fingerprint density at radius 3 is 2.59 bits per heavy atom. The molecule has 3 rings (SSSR count). The molecule has 0 aliphatic carbocycles. The summed E-state index contributed by atoms with van der Waals surface area (Å²) in [5, 5.41) is 21.4. The Labute approximate surface area is 203 Å². The van der Waals surface area contributed by atoms with Crippen LogP contribution in [0, 0.1) is 5.41 Å². The number of fused-ring (bicyclic) bond motifs is 1. The summed E-state index contributed by atoms with van der Waals surface area (Å²) in [5.41, 5.74) is 3.76. The molecule has 0 saturated heterocycles. The summed E-state index contributed by atoms with van der Waals surface area (Å²) in [7, 11) is 2.06. The molecular weight excluding hydrogens is 426 g/mol. The first-order valence-electron chi connectivity index (χ1n) is 11.8. The molecule has 2 amide bonds. The SMILES string of the molecule is CCNC[C@H](CC)NC(=O)N/C(Nc1ccccc1)=C(\C)C(=N)C1=CN2C=C(C)N(C)C2C=C1. The zero-order valence-electron chi connectivity index (χ0n) is 20.8. The van der Waals surface area contributed by atoms with Gasteiger partial charge in [0.15, 0.2) is 0 Å². The topological polar surface area (TPSA) is 95.5 Å². The van der Waals surface area contributed by atoms with Crippen LogP contribution < -0.4 is 21.3 Å². The molecule has 2 aliphatic rings. The number of carbonyl (C=O) groups is 1. The molecule has 5 N–H and O–H groups in total. The number of urea groups is 1. The minimum atomic E-state index is -0.303. The molecule has 34 heavy (non-hydrogen) atoms. The van der Waals surface area contributed by atoms with Gasteiger partial charge in [-0.05, 0) is 45.0 Å². The number of benzene rings is 1. The van der Waals surface area contributed by atoms with Gasteiger partial charge in [-0.1, -0.05) is 38.1 Å². The number of allylic oxidation sites excluding steroid dienone is 4. The molecule has 2 atom stereocenters. The zero-order chi connectivity index (χ0) is 24.7. The van der Waals surface area contributed by atoms with Gasteiger partial charge in [-0.3, -0.25) is 10.7 Å². The lowest BCUT2D eigenvalue weighted by Crippen LogP contribution is -2.47. The van der Waals surface area contributed by atoms with Crippen LogP contribution in [-0.4, -0.2) is 53.9 Å². The smallest absolute Gasteiger partial charge is 0.320 e. The van der Waals surface area contributed by atoms with E-state index in [4.69, 9.17) is 5.41 Å². The number of nitrogens with zero attached hydrogens (tertiary/aromatic N) is 2. The van der Waals surface area contributed by atoms with Crippen molar-refractivity contribution in [1.29, 1.82) is 5.41 Å². The largest absolute Gasteiger partial charge is 0.353 e. The summed E-state index contributed by atoms with van der Waals surface area (Å²) in [5.74, 6) is 0.480. The molecule has 1 unspecified atom stereocenters. The fraction of sp³-hybridized carbons (Fsp3) is 0.385. The predicted molar refractivity (Wildman–Crippen MR) is 139 cm³/mol. The van der Waals surface area contributed by atoms with E-state index < -0.39 is 0 Å². The van der Waals surface area contributed by atoms with E-state index in [1.54, 1.807) is 0 Å². The van der Waals surface area contributed by atoms with Crippen LogP contribution in [0.1, 0.15) is 34.1 Å². The number of hydrogen-bond donors (Lipinski definition) is 5. The van der Waals surface area contributed by atoms with Gasteiger partial charge in [-0.2, -0.15) is 0 Å². The van der Waals surface area contributed by atoms with Gasteiger partial charge in [0, 0.05) is 54.6 Å². The molecule has 0 radical (unpaired) electrons. The third kappa shape index (κ3) is 6.08.